The molecule has 3 aromatic rings. The number of halogens is 3. The van der Waals surface area contributed by atoms with Crippen LogP contribution in [0.3, 0.4) is 0 Å². The van der Waals surface area contributed by atoms with E-state index in [2.05, 4.69) is 23.3 Å². The Kier molecular flexibility index (Phi) is 8.96. The van der Waals surface area contributed by atoms with Crippen molar-refractivity contribution in [2.24, 2.45) is 0 Å². The summed E-state index contributed by atoms with van der Waals surface area (Å²) in [5.74, 6) is -0.168. The van der Waals surface area contributed by atoms with Crippen molar-refractivity contribution in [2.45, 2.75) is 45.0 Å². The summed E-state index contributed by atoms with van der Waals surface area (Å²) < 4.78 is 2.30. The van der Waals surface area contributed by atoms with Gasteiger partial charge in [0.05, 0.1) is 0 Å². The number of benzene rings is 2. The molecule has 0 fully saturated rings. The van der Waals surface area contributed by atoms with Gasteiger partial charge in [0.15, 0.2) is 11.6 Å². The minimum absolute atomic E-state index is 0. The number of carbonyl (C=O) groups excluding carboxylic acids is 2. The first-order chi connectivity index (χ1) is 14.3. The lowest BCUT2D eigenvalue weighted by Gasteiger charge is -2.19. The molecule has 31 heavy (non-hydrogen) atoms. The molecule has 0 aliphatic rings. The van der Waals surface area contributed by atoms with Gasteiger partial charge in [-0.25, -0.2) is 0 Å². The van der Waals surface area contributed by atoms with Crippen molar-refractivity contribution in [2.75, 3.05) is 19.6 Å². The predicted octanol–water partition coefficient (Wildman–Crippen LogP) is 6.30. The van der Waals surface area contributed by atoms with Gasteiger partial charge in [-0.05, 0) is 62.3 Å². The molecule has 1 heterocycles. The molecule has 2 unspecified atom stereocenters. The Labute approximate surface area is 199 Å². The average molecular weight is 484 g/mol. The highest BCUT2D eigenvalue weighted by Gasteiger charge is 2.19. The van der Waals surface area contributed by atoms with Gasteiger partial charge in [-0.15, -0.1) is 35.6 Å². The fourth-order valence-electron chi connectivity index (χ4n) is 3.95. The molecule has 2 aromatic carbocycles. The van der Waals surface area contributed by atoms with Gasteiger partial charge in [-0.2, -0.15) is 0 Å². The lowest BCUT2D eigenvalue weighted by Crippen LogP contribution is -2.26. The predicted molar refractivity (Wildman–Crippen MR) is 133 cm³/mol. The summed E-state index contributed by atoms with van der Waals surface area (Å²) >= 11 is 12.7. The number of rotatable bonds is 9. The molecule has 4 nitrogen and oxygen atoms in total. The van der Waals surface area contributed by atoms with E-state index in [4.69, 9.17) is 23.2 Å². The zero-order valence-electron chi connectivity index (χ0n) is 18.3. The molecular weight excluding hydrogens is 455 g/mol. The van der Waals surface area contributed by atoms with E-state index in [-0.39, 0.29) is 24.0 Å². The Balaban J connectivity index is 0.00000341. The second-order valence-electron chi connectivity index (χ2n) is 7.68. The molecule has 168 valence electrons. The minimum Gasteiger partial charge on any atom is -0.339 e. The van der Waals surface area contributed by atoms with Crippen molar-refractivity contribution in [3.05, 3.63) is 47.5 Å². The third-order valence-corrected chi connectivity index (χ3v) is 6.86. The van der Waals surface area contributed by atoms with Gasteiger partial charge < -0.3 is 9.47 Å². The molecule has 0 saturated carbocycles. The van der Waals surface area contributed by atoms with Crippen molar-refractivity contribution in [3.63, 3.8) is 0 Å². The molecular formula is C24H29Cl3N2O2. The summed E-state index contributed by atoms with van der Waals surface area (Å²) in [4.78, 5) is 26.0. The van der Waals surface area contributed by atoms with Crippen LogP contribution in [0.5, 0.6) is 0 Å². The molecule has 1 aromatic heterocycles. The van der Waals surface area contributed by atoms with E-state index >= 15 is 0 Å². The van der Waals surface area contributed by atoms with Gasteiger partial charge in [0.2, 0.25) is 0 Å². The summed E-state index contributed by atoms with van der Waals surface area (Å²) in [7, 11) is 0. The van der Waals surface area contributed by atoms with Crippen LogP contribution in [-0.2, 0) is 16.1 Å². The van der Waals surface area contributed by atoms with Crippen molar-refractivity contribution in [3.8, 4) is 0 Å². The number of fused-ring (bicyclic) bond motifs is 3. The summed E-state index contributed by atoms with van der Waals surface area (Å²) in [6.45, 7) is 11.1. The zero-order chi connectivity index (χ0) is 22.0. The number of hydrogen-bond acceptors (Lipinski definition) is 3. The van der Waals surface area contributed by atoms with Crippen LogP contribution >= 0.6 is 35.6 Å². The largest absolute Gasteiger partial charge is 0.339 e. The summed E-state index contributed by atoms with van der Waals surface area (Å²) in [5, 5.41) is 0.681. The number of Topliss-reactive ketones (excluding diaryl/α,β-unsaturated/α-hetero) is 2. The molecule has 0 amide bonds. The van der Waals surface area contributed by atoms with E-state index < -0.39 is 10.8 Å². The van der Waals surface area contributed by atoms with Gasteiger partial charge in [0.1, 0.15) is 10.8 Å². The standard InChI is InChI=1S/C24H28Cl2N2O2.ClH/c1-5-27(6-2)11-12-28-21-9-7-17(23(25)15(3)29)13-19(21)20-14-18(8-10-22(20)28)24(26)16(4)30;/h7-10,13-14,23-24H,5-6,11-12H2,1-4H3;1H. The molecule has 0 saturated heterocycles. The molecule has 3 rings (SSSR count). The van der Waals surface area contributed by atoms with Crippen LogP contribution in [-0.4, -0.2) is 40.7 Å². The number of carbonyl (C=O) groups is 2. The van der Waals surface area contributed by atoms with Crippen molar-refractivity contribution >= 4 is 69.0 Å². The highest BCUT2D eigenvalue weighted by molar-refractivity contribution is 6.31. The van der Waals surface area contributed by atoms with Crippen LogP contribution in [0.2, 0.25) is 0 Å². The van der Waals surface area contributed by atoms with Crippen LogP contribution in [0.15, 0.2) is 36.4 Å². The summed E-state index contributed by atoms with van der Waals surface area (Å²) in [6, 6.07) is 11.9. The Morgan fingerprint density at radius 2 is 1.29 bits per heavy atom. The maximum absolute atomic E-state index is 11.8. The Morgan fingerprint density at radius 3 is 1.65 bits per heavy atom. The number of likely N-dealkylation sites (N-methyl/N-ethyl adjacent to an activating group) is 1. The smallest absolute Gasteiger partial charge is 0.152 e. The fourth-order valence-corrected chi connectivity index (χ4v) is 4.22. The van der Waals surface area contributed by atoms with Gasteiger partial charge in [0.25, 0.3) is 0 Å². The van der Waals surface area contributed by atoms with Gasteiger partial charge in [-0.3, -0.25) is 9.59 Å². The molecule has 0 bridgehead atoms. The van der Waals surface area contributed by atoms with E-state index in [1.807, 2.05) is 36.4 Å². The molecule has 0 aliphatic carbocycles. The molecule has 7 heteroatoms. The number of ketones is 2. The maximum atomic E-state index is 11.8. The highest BCUT2D eigenvalue weighted by Crippen LogP contribution is 2.35. The first-order valence-electron chi connectivity index (χ1n) is 10.4. The lowest BCUT2D eigenvalue weighted by molar-refractivity contribution is -0.117. The second-order valence-corrected chi connectivity index (χ2v) is 8.55. The quantitative estimate of drug-likeness (QED) is 0.336. The molecule has 0 radical (unpaired) electrons. The Hall–Kier alpha value is -1.59. The zero-order valence-corrected chi connectivity index (χ0v) is 20.7. The monoisotopic (exact) mass is 482 g/mol. The van der Waals surface area contributed by atoms with E-state index in [0.717, 1.165) is 59.1 Å². The van der Waals surface area contributed by atoms with Crippen molar-refractivity contribution in [1.82, 2.24) is 9.47 Å². The summed E-state index contributed by atoms with van der Waals surface area (Å²) in [5.41, 5.74) is 3.72. The topological polar surface area (TPSA) is 42.3 Å². The van der Waals surface area contributed by atoms with Crippen LogP contribution < -0.4 is 0 Å². The van der Waals surface area contributed by atoms with Crippen LogP contribution in [0.1, 0.15) is 49.6 Å². The van der Waals surface area contributed by atoms with Crippen molar-refractivity contribution in [1.29, 1.82) is 0 Å². The Morgan fingerprint density at radius 1 is 0.871 bits per heavy atom. The van der Waals surface area contributed by atoms with Gasteiger partial charge in [-0.1, -0.05) is 26.0 Å². The first-order valence-corrected chi connectivity index (χ1v) is 11.2. The Bertz CT molecular complexity index is 1010. The highest BCUT2D eigenvalue weighted by atomic mass is 35.5. The fraction of sp³-hybridized carbons (Fsp3) is 0.417. The molecule has 0 N–H and O–H groups in total. The van der Waals surface area contributed by atoms with Gasteiger partial charge >= 0.3 is 0 Å². The van der Waals surface area contributed by atoms with E-state index in [1.165, 1.54) is 13.8 Å². The van der Waals surface area contributed by atoms with E-state index in [0.29, 0.717) is 0 Å². The average Bonchev–Trinajstić information content (AvgIpc) is 3.05. The first kappa shape index (κ1) is 25.7. The number of hydrogen-bond donors (Lipinski definition) is 0. The van der Waals surface area contributed by atoms with E-state index in [9.17, 15) is 9.59 Å². The third kappa shape index (κ3) is 5.25. The SMILES string of the molecule is CCN(CC)CCn1c2ccc(C(Cl)C(C)=O)cc2c2cc(C(Cl)C(C)=O)ccc21.Cl. The number of alkyl halides is 2. The van der Waals surface area contributed by atoms with Crippen LogP contribution in [0, 0.1) is 0 Å². The maximum Gasteiger partial charge on any atom is 0.152 e. The lowest BCUT2D eigenvalue weighted by atomic mass is 10.0. The minimum atomic E-state index is -0.676. The molecule has 2 atom stereocenters. The third-order valence-electron chi connectivity index (χ3n) is 5.75. The second kappa shape index (κ2) is 10.8. The van der Waals surface area contributed by atoms with Crippen LogP contribution in [0.25, 0.3) is 21.8 Å². The number of nitrogens with zero attached hydrogens (tertiary/aromatic N) is 2. The normalized spacial score (nSPS) is 13.4. The van der Waals surface area contributed by atoms with Gasteiger partial charge in [0, 0.05) is 34.9 Å². The van der Waals surface area contributed by atoms with Crippen LogP contribution in [0.4, 0.5) is 0 Å². The summed E-state index contributed by atoms with van der Waals surface area (Å²) in [6.07, 6.45) is 0. The van der Waals surface area contributed by atoms with E-state index in [1.54, 1.807) is 0 Å². The van der Waals surface area contributed by atoms with Crippen molar-refractivity contribution < 1.29 is 9.59 Å². The molecule has 0 aliphatic heterocycles. The molecule has 0 spiro atoms. The number of aromatic nitrogens is 1.